The van der Waals surface area contributed by atoms with Gasteiger partial charge < -0.3 is 10.1 Å². The molecule has 0 saturated carbocycles. The number of hydrogen-bond donors (Lipinski definition) is 1. The van der Waals surface area contributed by atoms with E-state index in [-0.39, 0.29) is 5.91 Å². The minimum atomic E-state index is -0.516. The summed E-state index contributed by atoms with van der Waals surface area (Å²) in [5.74, 6) is 0.577. The Balaban J connectivity index is 1.70. The number of fused-ring (bicyclic) bond motifs is 1. The predicted octanol–water partition coefficient (Wildman–Crippen LogP) is 5.57. The molecular formula is C23H20ClN3O2. The van der Waals surface area contributed by atoms with E-state index in [0.29, 0.717) is 10.7 Å². The van der Waals surface area contributed by atoms with Gasteiger partial charge in [-0.1, -0.05) is 41.9 Å². The van der Waals surface area contributed by atoms with Crippen molar-refractivity contribution >= 4 is 34.1 Å². The van der Waals surface area contributed by atoms with E-state index >= 15 is 0 Å². The van der Waals surface area contributed by atoms with Crippen LogP contribution in [-0.2, 0) is 4.79 Å². The Hall–Kier alpha value is -3.31. The van der Waals surface area contributed by atoms with Gasteiger partial charge in [0.15, 0.2) is 0 Å². The molecule has 29 heavy (non-hydrogen) atoms. The molecule has 1 amide bonds. The summed E-state index contributed by atoms with van der Waals surface area (Å²) in [6.07, 6.45) is 0. The Morgan fingerprint density at radius 3 is 2.48 bits per heavy atom. The van der Waals surface area contributed by atoms with E-state index < -0.39 is 6.04 Å². The van der Waals surface area contributed by atoms with Crippen LogP contribution in [0.4, 0.5) is 5.69 Å². The van der Waals surface area contributed by atoms with Crippen molar-refractivity contribution in [2.45, 2.75) is 13.0 Å². The molecular weight excluding hydrogens is 386 g/mol. The van der Waals surface area contributed by atoms with Gasteiger partial charge in [-0.2, -0.15) is 5.10 Å². The van der Waals surface area contributed by atoms with Gasteiger partial charge in [0.25, 0.3) is 0 Å². The lowest BCUT2D eigenvalue weighted by atomic mass is 10.1. The lowest BCUT2D eigenvalue weighted by molar-refractivity contribution is -0.118. The molecule has 1 aromatic heterocycles. The van der Waals surface area contributed by atoms with E-state index in [1.165, 1.54) is 0 Å². The molecule has 0 aliphatic heterocycles. The third-order valence-electron chi connectivity index (χ3n) is 4.82. The van der Waals surface area contributed by atoms with Gasteiger partial charge in [0.1, 0.15) is 17.5 Å². The second-order valence-electron chi connectivity index (χ2n) is 6.71. The molecule has 1 atom stereocenters. The highest BCUT2D eigenvalue weighted by Crippen LogP contribution is 2.32. The maximum atomic E-state index is 12.9. The van der Waals surface area contributed by atoms with Gasteiger partial charge in [0, 0.05) is 21.7 Å². The first kappa shape index (κ1) is 19.0. The number of anilines is 1. The number of nitrogens with zero attached hydrogens (tertiary/aromatic N) is 2. The third kappa shape index (κ3) is 3.82. The number of hydrogen-bond acceptors (Lipinski definition) is 3. The average molecular weight is 406 g/mol. The van der Waals surface area contributed by atoms with Crippen molar-refractivity contribution in [3.8, 4) is 17.0 Å². The van der Waals surface area contributed by atoms with E-state index in [1.807, 2.05) is 55.5 Å². The summed E-state index contributed by atoms with van der Waals surface area (Å²) in [5, 5.41) is 9.24. The van der Waals surface area contributed by atoms with Crippen LogP contribution in [0.15, 0.2) is 72.8 Å². The molecule has 0 aliphatic rings. The molecule has 0 saturated heterocycles. The number of benzene rings is 3. The fraction of sp³-hybridized carbons (Fsp3) is 0.130. The summed E-state index contributed by atoms with van der Waals surface area (Å²) >= 11 is 6.23. The van der Waals surface area contributed by atoms with E-state index in [4.69, 9.17) is 21.4 Å². The molecule has 5 nitrogen and oxygen atoms in total. The largest absolute Gasteiger partial charge is 0.497 e. The Morgan fingerprint density at radius 1 is 1.07 bits per heavy atom. The summed E-state index contributed by atoms with van der Waals surface area (Å²) in [5.41, 5.74) is 3.32. The van der Waals surface area contributed by atoms with Gasteiger partial charge in [-0.05, 0) is 49.4 Å². The van der Waals surface area contributed by atoms with Crippen LogP contribution in [0.25, 0.3) is 22.2 Å². The number of halogens is 1. The topological polar surface area (TPSA) is 56.1 Å². The van der Waals surface area contributed by atoms with Crippen LogP contribution in [-0.4, -0.2) is 22.8 Å². The number of carbonyl (C=O) groups excluding carboxylic acids is 1. The standard InChI is InChI=1S/C23H20ClN3O2/c1-15(23(28)25-18-9-11-19(29-2)12-10-18)27-21-13-8-17(24)14-20(21)22(26-27)16-6-4-3-5-7-16/h3-15H,1-2H3,(H,25,28). The van der Waals surface area contributed by atoms with Crippen LogP contribution in [0.5, 0.6) is 5.75 Å². The first-order valence-electron chi connectivity index (χ1n) is 9.25. The van der Waals surface area contributed by atoms with Crippen LogP contribution in [0.1, 0.15) is 13.0 Å². The molecule has 1 heterocycles. The van der Waals surface area contributed by atoms with Crippen molar-refractivity contribution < 1.29 is 9.53 Å². The van der Waals surface area contributed by atoms with Crippen LogP contribution in [0.3, 0.4) is 0 Å². The average Bonchev–Trinajstić information content (AvgIpc) is 3.13. The molecule has 4 rings (SSSR count). The third-order valence-corrected chi connectivity index (χ3v) is 5.05. The second kappa shape index (κ2) is 7.97. The van der Waals surface area contributed by atoms with E-state index in [1.54, 1.807) is 36.1 Å². The van der Waals surface area contributed by atoms with Crippen LogP contribution >= 0.6 is 11.6 Å². The maximum absolute atomic E-state index is 12.9. The first-order valence-corrected chi connectivity index (χ1v) is 9.62. The number of aromatic nitrogens is 2. The van der Waals surface area contributed by atoms with Crippen LogP contribution < -0.4 is 10.1 Å². The summed E-state index contributed by atoms with van der Waals surface area (Å²) in [7, 11) is 1.61. The van der Waals surface area contributed by atoms with Crippen molar-refractivity contribution in [1.29, 1.82) is 0 Å². The van der Waals surface area contributed by atoms with Gasteiger partial charge in [0.05, 0.1) is 12.6 Å². The molecule has 0 spiro atoms. The van der Waals surface area contributed by atoms with E-state index in [2.05, 4.69) is 5.32 Å². The van der Waals surface area contributed by atoms with E-state index in [9.17, 15) is 4.79 Å². The summed E-state index contributed by atoms with van der Waals surface area (Å²) in [4.78, 5) is 12.9. The monoisotopic (exact) mass is 405 g/mol. The molecule has 1 unspecified atom stereocenters. The van der Waals surface area contributed by atoms with Crippen LogP contribution in [0.2, 0.25) is 5.02 Å². The minimum absolute atomic E-state index is 0.158. The molecule has 3 aromatic carbocycles. The van der Waals surface area contributed by atoms with E-state index in [0.717, 1.165) is 27.9 Å². The molecule has 0 bridgehead atoms. The maximum Gasteiger partial charge on any atom is 0.248 e. The SMILES string of the molecule is COc1ccc(NC(=O)C(C)n2nc(-c3ccccc3)c3cc(Cl)ccc32)cc1. The van der Waals surface area contributed by atoms with Gasteiger partial charge in [-0.3, -0.25) is 9.48 Å². The van der Waals surface area contributed by atoms with Gasteiger partial charge in [-0.25, -0.2) is 0 Å². The smallest absolute Gasteiger partial charge is 0.248 e. The fourth-order valence-electron chi connectivity index (χ4n) is 3.25. The second-order valence-corrected chi connectivity index (χ2v) is 7.15. The summed E-state index contributed by atoms with van der Waals surface area (Å²) in [6.45, 7) is 1.83. The minimum Gasteiger partial charge on any atom is -0.497 e. The number of nitrogens with one attached hydrogen (secondary N) is 1. The van der Waals surface area contributed by atoms with Crippen LogP contribution in [0, 0.1) is 0 Å². The summed E-state index contributed by atoms with van der Waals surface area (Å²) in [6, 6.07) is 22.2. The highest BCUT2D eigenvalue weighted by molar-refractivity contribution is 6.31. The number of ether oxygens (including phenoxy) is 1. The quantitative estimate of drug-likeness (QED) is 0.472. The molecule has 0 radical (unpaired) electrons. The lowest BCUT2D eigenvalue weighted by Gasteiger charge is -2.14. The number of methoxy groups -OCH3 is 1. The Morgan fingerprint density at radius 2 is 1.79 bits per heavy atom. The molecule has 4 aromatic rings. The van der Waals surface area contributed by atoms with Crippen molar-refractivity contribution in [1.82, 2.24) is 9.78 Å². The van der Waals surface area contributed by atoms with Gasteiger partial charge in [0.2, 0.25) is 5.91 Å². The molecule has 0 fully saturated rings. The molecule has 0 aliphatic carbocycles. The van der Waals surface area contributed by atoms with Gasteiger partial charge in [-0.15, -0.1) is 0 Å². The molecule has 6 heteroatoms. The molecule has 1 N–H and O–H groups in total. The fourth-order valence-corrected chi connectivity index (χ4v) is 3.42. The zero-order chi connectivity index (χ0) is 20.4. The Labute approximate surface area is 173 Å². The van der Waals surface area contributed by atoms with Crippen molar-refractivity contribution in [2.24, 2.45) is 0 Å². The van der Waals surface area contributed by atoms with Gasteiger partial charge >= 0.3 is 0 Å². The highest BCUT2D eigenvalue weighted by Gasteiger charge is 2.21. The number of amides is 1. The zero-order valence-corrected chi connectivity index (χ0v) is 16.9. The zero-order valence-electron chi connectivity index (χ0n) is 16.1. The molecule has 146 valence electrons. The van der Waals surface area contributed by atoms with Crippen molar-refractivity contribution in [2.75, 3.05) is 12.4 Å². The highest BCUT2D eigenvalue weighted by atomic mass is 35.5. The first-order chi connectivity index (χ1) is 14.1. The lowest BCUT2D eigenvalue weighted by Crippen LogP contribution is -2.24. The predicted molar refractivity (Wildman–Crippen MR) is 117 cm³/mol. The Bertz CT molecular complexity index is 1150. The van der Waals surface area contributed by atoms with Crippen molar-refractivity contribution in [3.05, 3.63) is 77.8 Å². The Kier molecular flexibility index (Phi) is 5.23. The summed E-state index contributed by atoms with van der Waals surface area (Å²) < 4.78 is 6.90. The number of rotatable bonds is 5. The van der Waals surface area contributed by atoms with Crippen molar-refractivity contribution in [3.63, 3.8) is 0 Å². The number of carbonyl (C=O) groups is 1. The normalized spacial score (nSPS) is 12.0.